The first-order valence-corrected chi connectivity index (χ1v) is 10.6. The molecule has 1 atom stereocenters. The molecule has 7 nitrogen and oxygen atoms in total. The van der Waals surface area contributed by atoms with Crippen molar-refractivity contribution in [2.45, 2.75) is 19.8 Å². The van der Waals surface area contributed by atoms with E-state index in [0.29, 0.717) is 30.7 Å². The van der Waals surface area contributed by atoms with E-state index in [1.807, 2.05) is 13.0 Å². The van der Waals surface area contributed by atoms with Crippen LogP contribution in [0.5, 0.6) is 11.5 Å². The molecule has 9 heteroatoms. The number of para-hydroxylation sites is 1. The Morgan fingerprint density at radius 2 is 1.88 bits per heavy atom. The maximum Gasteiger partial charge on any atom is 0.257 e. The number of Topliss-reactive ketones (excluding diaryl/α,β-unsaturated/α-hetero) is 1. The number of hydrogen-bond donors (Lipinski definition) is 1. The molecule has 3 rings (SSSR count). The van der Waals surface area contributed by atoms with Crippen LogP contribution in [0.3, 0.4) is 0 Å². The fraction of sp³-hybridized carbons (Fsp3) is 0.375. The van der Waals surface area contributed by atoms with Crippen molar-refractivity contribution in [2.24, 2.45) is 5.92 Å². The summed E-state index contributed by atoms with van der Waals surface area (Å²) in [6.45, 7) is 1.68. The number of amides is 2. The third-order valence-corrected chi connectivity index (χ3v) is 5.42. The van der Waals surface area contributed by atoms with Crippen LogP contribution in [0.2, 0.25) is 0 Å². The van der Waals surface area contributed by atoms with E-state index in [4.69, 9.17) is 9.47 Å². The molecule has 0 saturated carbocycles. The molecule has 1 fully saturated rings. The lowest BCUT2D eigenvalue weighted by Crippen LogP contribution is -2.46. The van der Waals surface area contributed by atoms with Gasteiger partial charge in [0.2, 0.25) is 5.91 Å². The highest BCUT2D eigenvalue weighted by Crippen LogP contribution is 2.25. The molecule has 0 aromatic heterocycles. The van der Waals surface area contributed by atoms with Crippen molar-refractivity contribution in [3.63, 3.8) is 0 Å². The molecule has 176 valence electrons. The largest absolute Gasteiger partial charge is 0.496 e. The summed E-state index contributed by atoms with van der Waals surface area (Å²) in [5.41, 5.74) is 1.35. The van der Waals surface area contributed by atoms with E-state index in [1.165, 1.54) is 13.2 Å². The van der Waals surface area contributed by atoms with E-state index in [1.54, 1.807) is 17.0 Å². The van der Waals surface area contributed by atoms with Gasteiger partial charge in [0, 0.05) is 13.1 Å². The van der Waals surface area contributed by atoms with Crippen LogP contribution in [-0.2, 0) is 9.59 Å². The van der Waals surface area contributed by atoms with E-state index in [2.05, 4.69) is 5.32 Å². The minimum absolute atomic E-state index is 0.215. The third-order valence-electron chi connectivity index (χ3n) is 5.42. The maximum absolute atomic E-state index is 13.6. The number of nitrogens with one attached hydrogen (secondary N) is 1. The van der Waals surface area contributed by atoms with Crippen LogP contribution in [0.4, 0.5) is 8.78 Å². The molecule has 1 aliphatic rings. The van der Waals surface area contributed by atoms with Gasteiger partial charge in [-0.3, -0.25) is 14.4 Å². The number of piperidine rings is 1. The molecule has 0 bridgehead atoms. The Hall–Kier alpha value is -3.49. The van der Waals surface area contributed by atoms with E-state index < -0.39 is 35.7 Å². The Bertz CT molecular complexity index is 1020. The number of benzene rings is 2. The molecule has 1 N–H and O–H groups in total. The molecule has 2 amide bonds. The summed E-state index contributed by atoms with van der Waals surface area (Å²) in [7, 11) is 1.50. The lowest BCUT2D eigenvalue weighted by molar-refractivity contribution is -0.129. The normalized spacial score (nSPS) is 15.6. The fourth-order valence-electron chi connectivity index (χ4n) is 3.69. The van der Waals surface area contributed by atoms with E-state index in [-0.39, 0.29) is 24.9 Å². The number of rotatable bonds is 8. The first kappa shape index (κ1) is 24.2. The van der Waals surface area contributed by atoms with Crippen LogP contribution >= 0.6 is 0 Å². The number of carbonyl (C=O) groups excluding carboxylic acids is 3. The molecular formula is C24H26F2N2O5. The number of aryl methyl sites for hydroxylation is 1. The van der Waals surface area contributed by atoms with Crippen LogP contribution in [0.1, 0.15) is 28.8 Å². The zero-order valence-electron chi connectivity index (χ0n) is 18.5. The number of methoxy groups -OCH3 is 1. The van der Waals surface area contributed by atoms with Gasteiger partial charge in [-0.15, -0.1) is 0 Å². The minimum atomic E-state index is -0.913. The van der Waals surface area contributed by atoms with Crippen LogP contribution < -0.4 is 14.8 Å². The summed E-state index contributed by atoms with van der Waals surface area (Å²) in [4.78, 5) is 39.2. The summed E-state index contributed by atoms with van der Waals surface area (Å²) in [6.07, 6.45) is 1.22. The van der Waals surface area contributed by atoms with Gasteiger partial charge < -0.3 is 19.7 Å². The molecular weight excluding hydrogens is 434 g/mol. The van der Waals surface area contributed by atoms with E-state index in [9.17, 15) is 23.2 Å². The number of halogens is 2. The van der Waals surface area contributed by atoms with Crippen molar-refractivity contribution < 1.29 is 32.6 Å². The predicted octanol–water partition coefficient (Wildman–Crippen LogP) is 2.90. The third kappa shape index (κ3) is 6.06. The lowest BCUT2D eigenvalue weighted by Gasteiger charge is -2.32. The molecule has 1 aliphatic heterocycles. The average molecular weight is 460 g/mol. The highest BCUT2D eigenvalue weighted by molar-refractivity contribution is 5.97. The predicted molar refractivity (Wildman–Crippen MR) is 116 cm³/mol. The Morgan fingerprint density at radius 1 is 1.15 bits per heavy atom. The molecule has 2 aromatic carbocycles. The summed E-state index contributed by atoms with van der Waals surface area (Å²) in [5, 5.41) is 2.53. The van der Waals surface area contributed by atoms with Crippen molar-refractivity contribution in [3.05, 3.63) is 59.2 Å². The number of nitrogens with zero attached hydrogens (tertiary/aromatic N) is 1. The van der Waals surface area contributed by atoms with Gasteiger partial charge in [0.1, 0.15) is 12.4 Å². The van der Waals surface area contributed by atoms with Crippen LogP contribution in [0, 0.1) is 24.5 Å². The highest BCUT2D eigenvalue weighted by Gasteiger charge is 2.30. The standard InChI is InChI=1S/C24H26F2N2O5/c1-15-8-9-21(32-2)18(11-15)24(31)28-10-4-5-16(13-28)23(30)27-12-17(29)14-33-22-19(25)6-3-7-20(22)26/h3,6-9,11,16H,4-5,10,12-14H2,1-2H3,(H,27,30). The number of ketones is 1. The molecule has 1 heterocycles. The van der Waals surface area contributed by atoms with Gasteiger partial charge in [-0.2, -0.15) is 0 Å². The van der Waals surface area contributed by atoms with Crippen LogP contribution in [0.15, 0.2) is 36.4 Å². The first-order chi connectivity index (χ1) is 15.8. The number of hydrogen-bond acceptors (Lipinski definition) is 5. The van der Waals surface area contributed by atoms with Crippen molar-refractivity contribution in [3.8, 4) is 11.5 Å². The first-order valence-electron chi connectivity index (χ1n) is 10.6. The zero-order chi connectivity index (χ0) is 24.0. The average Bonchev–Trinajstić information content (AvgIpc) is 2.81. The minimum Gasteiger partial charge on any atom is -0.496 e. The quantitative estimate of drug-likeness (QED) is 0.655. The SMILES string of the molecule is COc1ccc(C)cc1C(=O)N1CCCC(C(=O)NCC(=O)COc2c(F)cccc2F)C1. The maximum atomic E-state index is 13.6. The topological polar surface area (TPSA) is 84.9 Å². The Balaban J connectivity index is 1.53. The molecule has 0 radical (unpaired) electrons. The fourth-order valence-corrected chi connectivity index (χ4v) is 3.69. The molecule has 2 aromatic rings. The summed E-state index contributed by atoms with van der Waals surface area (Å²) in [5.74, 6) is -3.60. The summed E-state index contributed by atoms with van der Waals surface area (Å²) >= 11 is 0. The van der Waals surface area contributed by atoms with Crippen molar-refractivity contribution in [1.29, 1.82) is 0 Å². The van der Waals surface area contributed by atoms with Crippen LogP contribution in [-0.4, -0.2) is 55.8 Å². The molecule has 33 heavy (non-hydrogen) atoms. The smallest absolute Gasteiger partial charge is 0.257 e. The second kappa shape index (κ2) is 10.9. The highest BCUT2D eigenvalue weighted by atomic mass is 19.1. The molecule has 1 saturated heterocycles. The number of carbonyl (C=O) groups is 3. The van der Waals surface area contributed by atoms with Crippen molar-refractivity contribution >= 4 is 17.6 Å². The van der Waals surface area contributed by atoms with Crippen molar-refractivity contribution in [2.75, 3.05) is 33.4 Å². The van der Waals surface area contributed by atoms with Gasteiger partial charge in [-0.25, -0.2) is 8.78 Å². The van der Waals surface area contributed by atoms with Gasteiger partial charge >= 0.3 is 0 Å². The Kier molecular flexibility index (Phi) is 7.97. The second-order valence-electron chi connectivity index (χ2n) is 7.89. The Labute approximate surface area is 190 Å². The van der Waals surface area contributed by atoms with Gasteiger partial charge in [0.25, 0.3) is 5.91 Å². The Morgan fingerprint density at radius 3 is 2.58 bits per heavy atom. The van der Waals surface area contributed by atoms with E-state index >= 15 is 0 Å². The van der Waals surface area contributed by atoms with Gasteiger partial charge in [-0.05, 0) is 44.0 Å². The second-order valence-corrected chi connectivity index (χ2v) is 7.89. The van der Waals surface area contributed by atoms with Crippen LogP contribution in [0.25, 0.3) is 0 Å². The number of likely N-dealkylation sites (tertiary alicyclic amines) is 1. The van der Waals surface area contributed by atoms with Gasteiger partial charge in [-0.1, -0.05) is 17.7 Å². The number of ether oxygens (including phenoxy) is 2. The summed E-state index contributed by atoms with van der Waals surface area (Å²) in [6, 6.07) is 8.57. The molecule has 0 aliphatic carbocycles. The molecule has 1 unspecified atom stereocenters. The van der Waals surface area contributed by atoms with E-state index in [0.717, 1.165) is 17.7 Å². The van der Waals surface area contributed by atoms with Crippen molar-refractivity contribution in [1.82, 2.24) is 10.2 Å². The van der Waals surface area contributed by atoms with Gasteiger partial charge in [0.05, 0.1) is 25.1 Å². The molecule has 0 spiro atoms. The summed E-state index contributed by atoms with van der Waals surface area (Å²) < 4.78 is 37.4. The zero-order valence-corrected chi connectivity index (χ0v) is 18.5. The lowest BCUT2D eigenvalue weighted by atomic mass is 9.96. The van der Waals surface area contributed by atoms with Gasteiger partial charge in [0.15, 0.2) is 23.2 Å². The monoisotopic (exact) mass is 460 g/mol.